The molecular weight excluding hydrogens is 272 g/mol. The van der Waals surface area contributed by atoms with Crippen molar-refractivity contribution in [1.82, 2.24) is 0 Å². The summed E-state index contributed by atoms with van der Waals surface area (Å²) in [5.41, 5.74) is 11.0. The van der Waals surface area contributed by atoms with Crippen LogP contribution in [0.2, 0.25) is 0 Å². The van der Waals surface area contributed by atoms with Crippen molar-refractivity contribution in [3.63, 3.8) is 0 Å². The second-order valence-electron chi connectivity index (χ2n) is 5.24. The third-order valence-electron chi connectivity index (χ3n) is 3.65. The fraction of sp³-hybridized carbons (Fsp3) is 0.263. The molecule has 1 aromatic carbocycles. The average Bonchev–Trinajstić information content (AvgIpc) is 2.46. The van der Waals surface area contributed by atoms with Crippen LogP contribution in [0.25, 0.3) is 0 Å². The molecule has 0 aliphatic rings. The van der Waals surface area contributed by atoms with Crippen LogP contribution in [0.1, 0.15) is 31.9 Å². The standard InChI is InChI=1S/C19H24N2O/c1-6-17(19(20)22)14(4)15(5)18(21-7-2)12-16-10-8-9-13(3)11-16/h6-11H,2,12H2,1,3-5H3,(H2,20,22)/b15-14+,17-6+,21-18?. The van der Waals surface area contributed by atoms with Crippen LogP contribution in [0.15, 0.2) is 64.8 Å². The van der Waals surface area contributed by atoms with E-state index in [2.05, 4.69) is 36.7 Å². The highest BCUT2D eigenvalue weighted by molar-refractivity contribution is 6.05. The molecule has 116 valence electrons. The van der Waals surface area contributed by atoms with Crippen LogP contribution in [0.4, 0.5) is 0 Å². The molecule has 0 bridgehead atoms. The lowest BCUT2D eigenvalue weighted by Gasteiger charge is -2.12. The minimum absolute atomic E-state index is 0.423. The summed E-state index contributed by atoms with van der Waals surface area (Å²) in [6, 6.07) is 8.29. The molecular formula is C19H24N2O. The van der Waals surface area contributed by atoms with Crippen LogP contribution in [-0.2, 0) is 11.2 Å². The molecule has 0 heterocycles. The fourth-order valence-corrected chi connectivity index (χ4v) is 2.36. The van der Waals surface area contributed by atoms with Crippen LogP contribution in [0, 0.1) is 6.92 Å². The largest absolute Gasteiger partial charge is 0.366 e. The molecule has 3 heteroatoms. The minimum Gasteiger partial charge on any atom is -0.366 e. The monoisotopic (exact) mass is 296 g/mol. The first-order valence-corrected chi connectivity index (χ1v) is 7.28. The van der Waals surface area contributed by atoms with E-state index in [0.29, 0.717) is 12.0 Å². The Balaban J connectivity index is 3.23. The molecule has 0 unspecified atom stereocenters. The maximum Gasteiger partial charge on any atom is 0.248 e. The maximum atomic E-state index is 11.5. The molecule has 0 aliphatic carbocycles. The summed E-state index contributed by atoms with van der Waals surface area (Å²) in [6.07, 6.45) is 3.95. The van der Waals surface area contributed by atoms with E-state index in [1.54, 1.807) is 6.08 Å². The lowest BCUT2D eigenvalue weighted by atomic mass is 9.94. The summed E-state index contributed by atoms with van der Waals surface area (Å²) in [6.45, 7) is 11.4. The van der Waals surface area contributed by atoms with Crippen LogP contribution in [0.5, 0.6) is 0 Å². The summed E-state index contributed by atoms with van der Waals surface area (Å²) in [4.78, 5) is 15.9. The van der Waals surface area contributed by atoms with Crippen LogP contribution in [-0.4, -0.2) is 11.6 Å². The van der Waals surface area contributed by atoms with Gasteiger partial charge < -0.3 is 5.73 Å². The number of carbonyl (C=O) groups excluding carboxylic acids is 1. The minimum atomic E-state index is -0.423. The molecule has 0 saturated carbocycles. The summed E-state index contributed by atoms with van der Waals surface area (Å²) in [5.74, 6) is -0.423. The lowest BCUT2D eigenvalue weighted by molar-refractivity contribution is -0.114. The van der Waals surface area contributed by atoms with Gasteiger partial charge in [0.25, 0.3) is 0 Å². The number of aryl methyl sites for hydroxylation is 1. The Morgan fingerprint density at radius 1 is 1.32 bits per heavy atom. The SMILES string of the molecule is C=CN=C(Cc1cccc(C)c1)/C(C)=C(C)/C(=C\C)C(N)=O. The Morgan fingerprint density at radius 3 is 2.50 bits per heavy atom. The maximum absolute atomic E-state index is 11.5. The Labute approximate surface area is 133 Å². The molecule has 1 rings (SSSR count). The number of nitrogens with two attached hydrogens (primary N) is 1. The molecule has 3 nitrogen and oxygen atoms in total. The summed E-state index contributed by atoms with van der Waals surface area (Å²) in [5, 5.41) is 0. The van der Waals surface area contributed by atoms with Gasteiger partial charge in [0, 0.05) is 23.9 Å². The van der Waals surface area contributed by atoms with Crippen molar-refractivity contribution in [2.45, 2.75) is 34.1 Å². The second-order valence-corrected chi connectivity index (χ2v) is 5.24. The predicted octanol–water partition coefficient (Wildman–Crippen LogP) is 3.89. The van der Waals surface area contributed by atoms with Gasteiger partial charge in [0.2, 0.25) is 5.91 Å². The van der Waals surface area contributed by atoms with Crippen molar-refractivity contribution >= 4 is 11.6 Å². The highest BCUT2D eigenvalue weighted by Crippen LogP contribution is 2.18. The van der Waals surface area contributed by atoms with E-state index in [4.69, 9.17) is 5.73 Å². The van der Waals surface area contributed by atoms with Gasteiger partial charge in [0.15, 0.2) is 0 Å². The van der Waals surface area contributed by atoms with E-state index in [-0.39, 0.29) is 0 Å². The lowest BCUT2D eigenvalue weighted by Crippen LogP contribution is -2.17. The van der Waals surface area contributed by atoms with Gasteiger partial charge in [-0.1, -0.05) is 42.5 Å². The van der Waals surface area contributed by atoms with Gasteiger partial charge in [-0.2, -0.15) is 0 Å². The fourth-order valence-electron chi connectivity index (χ4n) is 2.36. The molecule has 0 aromatic heterocycles. The number of hydrogen-bond donors (Lipinski definition) is 1. The van der Waals surface area contributed by atoms with E-state index in [0.717, 1.165) is 16.9 Å². The van der Waals surface area contributed by atoms with E-state index in [1.807, 2.05) is 26.8 Å². The Morgan fingerprint density at radius 2 is 2.00 bits per heavy atom. The number of carbonyl (C=O) groups is 1. The van der Waals surface area contributed by atoms with E-state index >= 15 is 0 Å². The molecule has 0 spiro atoms. The van der Waals surface area contributed by atoms with Gasteiger partial charge in [0.1, 0.15) is 0 Å². The van der Waals surface area contributed by atoms with Gasteiger partial charge in [-0.05, 0) is 44.4 Å². The third-order valence-corrected chi connectivity index (χ3v) is 3.65. The van der Waals surface area contributed by atoms with Crippen molar-refractivity contribution in [3.8, 4) is 0 Å². The van der Waals surface area contributed by atoms with Crippen LogP contribution < -0.4 is 5.73 Å². The highest BCUT2D eigenvalue weighted by Gasteiger charge is 2.13. The van der Waals surface area contributed by atoms with Gasteiger partial charge >= 0.3 is 0 Å². The van der Waals surface area contributed by atoms with E-state index in [1.165, 1.54) is 17.3 Å². The van der Waals surface area contributed by atoms with Crippen molar-refractivity contribution in [2.75, 3.05) is 0 Å². The highest BCUT2D eigenvalue weighted by atomic mass is 16.1. The number of aliphatic imine (C=N–C) groups is 1. The molecule has 1 aromatic rings. The normalized spacial score (nSPS) is 13.6. The Hall–Kier alpha value is -2.42. The number of allylic oxidation sites excluding steroid dienone is 2. The quantitative estimate of drug-likeness (QED) is 0.483. The molecule has 0 fully saturated rings. The molecule has 1 amide bonds. The first kappa shape index (κ1) is 17.6. The van der Waals surface area contributed by atoms with Crippen molar-refractivity contribution in [2.24, 2.45) is 10.7 Å². The first-order valence-electron chi connectivity index (χ1n) is 7.28. The Kier molecular flexibility index (Phi) is 6.51. The molecule has 0 radical (unpaired) electrons. The zero-order chi connectivity index (χ0) is 16.7. The smallest absolute Gasteiger partial charge is 0.248 e. The summed E-state index contributed by atoms with van der Waals surface area (Å²) < 4.78 is 0. The summed E-state index contributed by atoms with van der Waals surface area (Å²) >= 11 is 0. The van der Waals surface area contributed by atoms with Gasteiger partial charge in [-0.3, -0.25) is 9.79 Å². The second kappa shape index (κ2) is 8.13. The zero-order valence-corrected chi connectivity index (χ0v) is 13.8. The zero-order valence-electron chi connectivity index (χ0n) is 13.8. The van der Waals surface area contributed by atoms with Gasteiger partial charge in [0.05, 0.1) is 0 Å². The topological polar surface area (TPSA) is 55.4 Å². The number of amides is 1. The van der Waals surface area contributed by atoms with E-state index < -0.39 is 5.91 Å². The van der Waals surface area contributed by atoms with E-state index in [9.17, 15) is 4.79 Å². The molecule has 0 aliphatic heterocycles. The van der Waals surface area contributed by atoms with Crippen LogP contribution >= 0.6 is 0 Å². The number of hydrogen-bond acceptors (Lipinski definition) is 2. The molecule has 2 N–H and O–H groups in total. The summed E-state index contributed by atoms with van der Waals surface area (Å²) in [7, 11) is 0. The van der Waals surface area contributed by atoms with Gasteiger partial charge in [-0.25, -0.2) is 0 Å². The van der Waals surface area contributed by atoms with Crippen LogP contribution in [0.3, 0.4) is 0 Å². The number of rotatable bonds is 6. The average molecular weight is 296 g/mol. The molecule has 0 atom stereocenters. The predicted molar refractivity (Wildman–Crippen MR) is 93.8 cm³/mol. The number of benzene rings is 1. The van der Waals surface area contributed by atoms with Crippen molar-refractivity contribution in [1.29, 1.82) is 0 Å². The molecule has 0 saturated heterocycles. The Bertz CT molecular complexity index is 664. The number of primary amides is 1. The first-order chi connectivity index (χ1) is 10.4. The third kappa shape index (κ3) is 4.55. The van der Waals surface area contributed by atoms with Crippen molar-refractivity contribution < 1.29 is 4.79 Å². The van der Waals surface area contributed by atoms with Crippen molar-refractivity contribution in [3.05, 3.63) is 71.0 Å². The molecule has 22 heavy (non-hydrogen) atoms. The van der Waals surface area contributed by atoms with Gasteiger partial charge in [-0.15, -0.1) is 0 Å². The number of nitrogens with zero attached hydrogens (tertiary/aromatic N) is 1.